The Morgan fingerprint density at radius 3 is 2.38 bits per heavy atom. The first-order valence-electron chi connectivity index (χ1n) is 9.31. The maximum absolute atomic E-state index is 13.5. The topological polar surface area (TPSA) is 124 Å². The highest BCUT2D eigenvalue weighted by Crippen LogP contribution is 2.62. The first kappa shape index (κ1) is 22.1. The van der Waals surface area contributed by atoms with Crippen molar-refractivity contribution in [2.75, 3.05) is 6.61 Å². The number of halogens is 2. The highest BCUT2D eigenvalue weighted by molar-refractivity contribution is 7.86. The van der Waals surface area contributed by atoms with Crippen molar-refractivity contribution in [3.05, 3.63) is 0 Å². The molecule has 4 aliphatic carbocycles. The van der Waals surface area contributed by atoms with E-state index in [9.17, 15) is 31.6 Å². The molecule has 0 heterocycles. The van der Waals surface area contributed by atoms with Gasteiger partial charge in [-0.05, 0) is 52.4 Å². The van der Waals surface area contributed by atoms with Gasteiger partial charge in [0.1, 0.15) is 0 Å². The van der Waals surface area contributed by atoms with Crippen molar-refractivity contribution < 1.29 is 45.6 Å². The van der Waals surface area contributed by atoms with Crippen molar-refractivity contribution in [2.24, 2.45) is 22.7 Å². The lowest BCUT2D eigenvalue weighted by molar-refractivity contribution is -0.214. The zero-order valence-electron chi connectivity index (χ0n) is 16.4. The Morgan fingerprint density at radius 1 is 1.21 bits per heavy atom. The van der Waals surface area contributed by atoms with Gasteiger partial charge >= 0.3 is 27.3 Å². The summed E-state index contributed by atoms with van der Waals surface area (Å²) >= 11 is 0. The van der Waals surface area contributed by atoms with Crippen molar-refractivity contribution in [3.63, 3.8) is 0 Å². The van der Waals surface area contributed by atoms with E-state index in [-0.39, 0.29) is 37.4 Å². The molecule has 0 aromatic carbocycles. The molecule has 0 aliphatic heterocycles. The molecule has 1 N–H and O–H groups in total. The molecule has 4 atom stereocenters. The molecule has 4 rings (SSSR count). The van der Waals surface area contributed by atoms with Gasteiger partial charge in [0.2, 0.25) is 0 Å². The van der Waals surface area contributed by atoms with Crippen LogP contribution < -0.4 is 0 Å². The summed E-state index contributed by atoms with van der Waals surface area (Å²) in [6, 6.07) is 0. The largest absolute Gasteiger partial charge is 0.458 e. The predicted octanol–water partition coefficient (Wildman–Crippen LogP) is 2.12. The third-order valence-corrected chi connectivity index (χ3v) is 6.95. The van der Waals surface area contributed by atoms with E-state index in [1.165, 1.54) is 0 Å². The van der Waals surface area contributed by atoms with Crippen LogP contribution in [-0.4, -0.2) is 48.2 Å². The molecule has 0 amide bonds. The Labute approximate surface area is 167 Å². The number of ether oxygens (including phenoxy) is 2. The highest BCUT2D eigenvalue weighted by Gasteiger charge is 2.68. The van der Waals surface area contributed by atoms with Gasteiger partial charge in [0.05, 0.1) is 10.8 Å². The second kappa shape index (κ2) is 6.44. The first-order chi connectivity index (χ1) is 13.0. The van der Waals surface area contributed by atoms with Crippen LogP contribution in [0.1, 0.15) is 52.9 Å². The Hall–Kier alpha value is -1.62. The minimum atomic E-state index is -5.74. The average Bonchev–Trinajstić information content (AvgIpc) is 2.54. The van der Waals surface area contributed by atoms with Crippen molar-refractivity contribution in [2.45, 2.75) is 63.7 Å². The number of esters is 2. The Bertz CT molecular complexity index is 862. The number of Topliss-reactive ketones (excluding diaryl/α,β-unsaturated/α-hetero) is 1. The molecule has 4 bridgehead atoms. The molecule has 0 spiro atoms. The molecular formula is C18H24F2O8S. The van der Waals surface area contributed by atoms with Crippen molar-refractivity contribution in [3.8, 4) is 0 Å². The Morgan fingerprint density at radius 2 is 1.83 bits per heavy atom. The summed E-state index contributed by atoms with van der Waals surface area (Å²) in [5.41, 5.74) is -3.69. The van der Waals surface area contributed by atoms with Crippen LogP contribution in [0.2, 0.25) is 0 Å². The molecule has 4 fully saturated rings. The van der Waals surface area contributed by atoms with E-state index in [2.05, 4.69) is 4.74 Å². The van der Waals surface area contributed by atoms with Crippen molar-refractivity contribution in [1.82, 2.24) is 0 Å². The smallest absolute Gasteiger partial charge is 0.402 e. The molecule has 8 nitrogen and oxygen atoms in total. The van der Waals surface area contributed by atoms with Crippen LogP contribution in [0, 0.1) is 22.7 Å². The molecule has 0 saturated heterocycles. The summed E-state index contributed by atoms with van der Waals surface area (Å²) in [5, 5.41) is -4.64. The molecule has 29 heavy (non-hydrogen) atoms. The molecule has 0 radical (unpaired) electrons. The minimum absolute atomic E-state index is 0.0768. The third kappa shape index (κ3) is 3.67. The molecule has 0 aromatic heterocycles. The lowest BCUT2D eigenvalue weighted by Crippen LogP contribution is -2.65. The van der Waals surface area contributed by atoms with E-state index in [0.29, 0.717) is 6.42 Å². The molecule has 4 aliphatic rings. The van der Waals surface area contributed by atoms with E-state index < -0.39 is 56.3 Å². The minimum Gasteiger partial charge on any atom is -0.458 e. The number of hydrogen-bond acceptors (Lipinski definition) is 7. The quantitative estimate of drug-likeness (QED) is 0.511. The normalized spacial score (nSPS) is 34.2. The predicted molar refractivity (Wildman–Crippen MR) is 93.2 cm³/mol. The number of rotatable bonds is 5. The third-order valence-electron chi connectivity index (χ3n) is 6.08. The van der Waals surface area contributed by atoms with Gasteiger partial charge in [-0.1, -0.05) is 0 Å². The van der Waals surface area contributed by atoms with Crippen LogP contribution in [0.3, 0.4) is 0 Å². The number of ketones is 1. The van der Waals surface area contributed by atoms with Crippen molar-refractivity contribution in [1.29, 1.82) is 0 Å². The number of carbonyl (C=O) groups excluding carboxylic acids is 3. The van der Waals surface area contributed by atoms with Crippen LogP contribution in [0.15, 0.2) is 0 Å². The van der Waals surface area contributed by atoms with Crippen LogP contribution in [0.25, 0.3) is 0 Å². The van der Waals surface area contributed by atoms with E-state index in [4.69, 9.17) is 9.29 Å². The highest BCUT2D eigenvalue weighted by atomic mass is 32.2. The van der Waals surface area contributed by atoms with Gasteiger partial charge in [-0.15, -0.1) is 0 Å². The summed E-state index contributed by atoms with van der Waals surface area (Å²) < 4.78 is 67.2. The maximum Gasteiger partial charge on any atom is 0.402 e. The second-order valence-corrected chi connectivity index (χ2v) is 11.1. The SMILES string of the molecule is CC(C)(C)C(=O)OC12CC3CC(CC(C(=O)OCC(F)(F)S(=O)(=O)O)(C3)C1)C2=O. The maximum atomic E-state index is 13.5. The molecule has 4 saturated carbocycles. The second-order valence-electron chi connectivity index (χ2n) is 9.55. The van der Waals surface area contributed by atoms with Crippen LogP contribution in [-0.2, 0) is 34.0 Å². The molecule has 0 aromatic rings. The van der Waals surface area contributed by atoms with Gasteiger partial charge in [-0.2, -0.15) is 17.2 Å². The summed E-state index contributed by atoms with van der Waals surface area (Å²) in [7, 11) is -5.74. The zero-order chi connectivity index (χ0) is 22.0. The van der Waals surface area contributed by atoms with Crippen LogP contribution >= 0.6 is 0 Å². The fraction of sp³-hybridized carbons (Fsp3) is 0.833. The zero-order valence-corrected chi connectivity index (χ0v) is 17.2. The van der Waals surface area contributed by atoms with E-state index >= 15 is 0 Å². The number of carbonyl (C=O) groups is 3. The van der Waals surface area contributed by atoms with Crippen molar-refractivity contribution >= 4 is 27.8 Å². The van der Waals surface area contributed by atoms with E-state index in [1.807, 2.05) is 0 Å². The van der Waals surface area contributed by atoms with E-state index in [1.54, 1.807) is 20.8 Å². The van der Waals surface area contributed by atoms with Gasteiger partial charge < -0.3 is 9.47 Å². The van der Waals surface area contributed by atoms with E-state index in [0.717, 1.165) is 0 Å². The lowest BCUT2D eigenvalue weighted by Gasteiger charge is -2.58. The van der Waals surface area contributed by atoms with Gasteiger partial charge in [0.15, 0.2) is 18.0 Å². The van der Waals surface area contributed by atoms with Gasteiger partial charge in [-0.25, -0.2) is 0 Å². The fourth-order valence-electron chi connectivity index (χ4n) is 4.90. The Balaban J connectivity index is 1.84. The standard InChI is InChI=1S/C18H24F2O8S/c1-15(2,3)13(22)28-17-6-10-4-11(12(17)21)7-16(5-10,8-17)14(23)27-9-18(19,20)29(24,25)26/h10-11H,4-9H2,1-3H3,(H,24,25,26). The van der Waals surface area contributed by atoms with Gasteiger partial charge in [0.25, 0.3) is 0 Å². The molecular weight excluding hydrogens is 414 g/mol. The molecule has 4 unspecified atom stereocenters. The number of hydrogen-bond donors (Lipinski definition) is 1. The summed E-state index contributed by atoms with van der Waals surface area (Å²) in [6.07, 6.45) is 0.962. The lowest BCUT2D eigenvalue weighted by atomic mass is 9.47. The van der Waals surface area contributed by atoms with Gasteiger partial charge in [0, 0.05) is 12.3 Å². The first-order valence-corrected chi connectivity index (χ1v) is 10.8. The van der Waals surface area contributed by atoms with Gasteiger partial charge in [-0.3, -0.25) is 18.9 Å². The Kier molecular flexibility index (Phi) is 4.90. The number of alkyl halides is 2. The monoisotopic (exact) mass is 438 g/mol. The summed E-state index contributed by atoms with van der Waals surface area (Å²) in [4.78, 5) is 38.1. The van der Waals surface area contributed by atoms with Crippen LogP contribution in [0.5, 0.6) is 0 Å². The average molecular weight is 438 g/mol. The molecule has 164 valence electrons. The van der Waals surface area contributed by atoms with Crippen LogP contribution in [0.4, 0.5) is 8.78 Å². The summed E-state index contributed by atoms with van der Waals surface area (Å²) in [5.74, 6) is -2.62. The summed E-state index contributed by atoms with van der Waals surface area (Å²) in [6.45, 7) is 3.05. The molecule has 11 heteroatoms. The fourth-order valence-corrected chi connectivity index (χ4v) is 5.10.